The second-order valence-electron chi connectivity index (χ2n) is 7.14. The number of rotatable bonds is 10. The van der Waals surface area contributed by atoms with Gasteiger partial charge in [0.05, 0.1) is 6.10 Å². The molecule has 1 unspecified atom stereocenters. The molecule has 1 aromatic carbocycles. The minimum absolute atomic E-state index is 0.135. The molecule has 0 bridgehead atoms. The van der Waals surface area contributed by atoms with Crippen molar-refractivity contribution < 1.29 is 5.11 Å². The summed E-state index contributed by atoms with van der Waals surface area (Å²) in [6, 6.07) is 10.7. The normalized spacial score (nSPS) is 24.3. The maximum Gasteiger partial charge on any atom is 0.0605 e. The van der Waals surface area contributed by atoms with E-state index in [1.54, 1.807) is 0 Å². The lowest BCUT2D eigenvalue weighted by Gasteiger charge is -2.17. The third kappa shape index (κ3) is 6.65. The van der Waals surface area contributed by atoms with Crippen LogP contribution in [0, 0.1) is 11.8 Å². The fraction of sp³-hybridized carbons (Fsp3) is 0.565. The number of aliphatic hydroxyl groups excluding tert-OH is 1. The fourth-order valence-electron chi connectivity index (χ4n) is 3.68. The van der Waals surface area contributed by atoms with Crippen LogP contribution >= 0.6 is 0 Å². The number of unbranched alkanes of at least 4 members (excludes halogenated alkanes) is 3. The minimum Gasteiger partial charge on any atom is -0.393 e. The SMILES string of the molecule is CCCC/C=C\C[C@H]1CC[C@@H](O)C1/C=C/CCCc1ccccc1. The van der Waals surface area contributed by atoms with E-state index in [2.05, 4.69) is 61.6 Å². The van der Waals surface area contributed by atoms with Crippen LogP contribution < -0.4 is 0 Å². The standard InChI is InChI=1S/C23H34O/c1-2-3-4-5-11-16-21-18-19-23(24)22(21)17-12-7-10-15-20-13-8-6-9-14-20/h5-6,8-9,11-14,17,21-24H,2-4,7,10,15-16,18-19H2,1H3/b11-5-,17-12+/t21-,22?,23+/m0/s1. The largest absolute Gasteiger partial charge is 0.393 e. The van der Waals surface area contributed by atoms with E-state index in [0.717, 1.165) is 32.1 Å². The Morgan fingerprint density at radius 2 is 1.79 bits per heavy atom. The highest BCUT2D eigenvalue weighted by atomic mass is 16.3. The summed E-state index contributed by atoms with van der Waals surface area (Å²) in [5, 5.41) is 10.3. The van der Waals surface area contributed by atoms with Gasteiger partial charge in [-0.25, -0.2) is 0 Å². The maximum absolute atomic E-state index is 10.3. The molecule has 24 heavy (non-hydrogen) atoms. The first kappa shape index (κ1) is 19.0. The van der Waals surface area contributed by atoms with Gasteiger partial charge < -0.3 is 5.11 Å². The van der Waals surface area contributed by atoms with Gasteiger partial charge in [-0.3, -0.25) is 0 Å². The highest BCUT2D eigenvalue weighted by Gasteiger charge is 2.31. The van der Waals surface area contributed by atoms with E-state index in [9.17, 15) is 5.11 Å². The van der Waals surface area contributed by atoms with Crippen LogP contribution in [0.3, 0.4) is 0 Å². The monoisotopic (exact) mass is 326 g/mol. The van der Waals surface area contributed by atoms with Crippen LogP contribution in [0.2, 0.25) is 0 Å². The van der Waals surface area contributed by atoms with E-state index in [0.29, 0.717) is 11.8 Å². The van der Waals surface area contributed by atoms with Gasteiger partial charge >= 0.3 is 0 Å². The molecule has 1 aliphatic carbocycles. The molecule has 1 heteroatoms. The number of hydrogen-bond donors (Lipinski definition) is 1. The summed E-state index contributed by atoms with van der Waals surface area (Å²) >= 11 is 0. The van der Waals surface area contributed by atoms with Gasteiger partial charge in [0.1, 0.15) is 0 Å². The molecule has 1 fully saturated rings. The second-order valence-corrected chi connectivity index (χ2v) is 7.14. The fourth-order valence-corrected chi connectivity index (χ4v) is 3.68. The molecular weight excluding hydrogens is 292 g/mol. The number of hydrogen-bond acceptors (Lipinski definition) is 1. The molecule has 0 aliphatic heterocycles. The Kier molecular flexibility index (Phi) is 8.91. The Hall–Kier alpha value is -1.34. The van der Waals surface area contributed by atoms with Crippen LogP contribution in [-0.4, -0.2) is 11.2 Å². The van der Waals surface area contributed by atoms with Crippen LogP contribution in [0.25, 0.3) is 0 Å². The Morgan fingerprint density at radius 1 is 1.00 bits per heavy atom. The molecule has 0 spiro atoms. The van der Waals surface area contributed by atoms with Crippen molar-refractivity contribution in [3.63, 3.8) is 0 Å². The van der Waals surface area contributed by atoms with E-state index in [4.69, 9.17) is 0 Å². The highest BCUT2D eigenvalue weighted by Crippen LogP contribution is 2.36. The van der Waals surface area contributed by atoms with Crippen LogP contribution in [0.4, 0.5) is 0 Å². The quantitative estimate of drug-likeness (QED) is 0.407. The second kappa shape index (κ2) is 11.3. The Bertz CT molecular complexity index is 488. The third-order valence-corrected chi connectivity index (χ3v) is 5.19. The summed E-state index contributed by atoms with van der Waals surface area (Å²) in [6.07, 6.45) is 19.6. The lowest BCUT2D eigenvalue weighted by molar-refractivity contribution is 0.142. The molecule has 1 aromatic rings. The summed E-state index contributed by atoms with van der Waals surface area (Å²) in [4.78, 5) is 0. The number of aryl methyl sites for hydroxylation is 1. The zero-order chi connectivity index (χ0) is 17.0. The van der Waals surface area contributed by atoms with Crippen molar-refractivity contribution >= 4 is 0 Å². The molecular formula is C23H34O. The van der Waals surface area contributed by atoms with Gasteiger partial charge in [-0.1, -0.05) is 74.4 Å². The van der Waals surface area contributed by atoms with Crippen LogP contribution in [0.1, 0.15) is 63.9 Å². The van der Waals surface area contributed by atoms with Crippen molar-refractivity contribution in [1.82, 2.24) is 0 Å². The predicted octanol–water partition coefficient (Wildman–Crippen LogP) is 6.09. The van der Waals surface area contributed by atoms with Gasteiger partial charge in [-0.15, -0.1) is 0 Å². The Labute approximate surface area is 148 Å². The van der Waals surface area contributed by atoms with E-state index in [1.165, 1.54) is 31.2 Å². The summed E-state index contributed by atoms with van der Waals surface area (Å²) in [5.41, 5.74) is 1.42. The lowest BCUT2D eigenvalue weighted by Crippen LogP contribution is -2.16. The summed E-state index contributed by atoms with van der Waals surface area (Å²) in [7, 11) is 0. The van der Waals surface area contributed by atoms with Crippen molar-refractivity contribution in [2.24, 2.45) is 11.8 Å². The van der Waals surface area contributed by atoms with Crippen LogP contribution in [0.15, 0.2) is 54.6 Å². The first-order chi connectivity index (χ1) is 11.8. The zero-order valence-electron chi connectivity index (χ0n) is 15.2. The first-order valence-electron chi connectivity index (χ1n) is 9.85. The molecule has 1 N–H and O–H groups in total. The highest BCUT2D eigenvalue weighted by molar-refractivity contribution is 5.14. The molecule has 1 saturated carbocycles. The maximum atomic E-state index is 10.3. The van der Waals surface area contributed by atoms with Gasteiger partial charge in [0.2, 0.25) is 0 Å². The molecule has 132 valence electrons. The van der Waals surface area contributed by atoms with Crippen molar-refractivity contribution in [3.8, 4) is 0 Å². The third-order valence-electron chi connectivity index (χ3n) is 5.19. The van der Waals surface area contributed by atoms with E-state index < -0.39 is 0 Å². The van der Waals surface area contributed by atoms with Crippen LogP contribution in [-0.2, 0) is 6.42 Å². The number of aliphatic hydroxyl groups is 1. The molecule has 2 rings (SSSR count). The van der Waals surface area contributed by atoms with Crippen molar-refractivity contribution in [2.45, 2.75) is 70.8 Å². The molecule has 1 aliphatic rings. The van der Waals surface area contributed by atoms with E-state index >= 15 is 0 Å². The molecule has 1 nitrogen and oxygen atoms in total. The zero-order valence-corrected chi connectivity index (χ0v) is 15.2. The molecule has 0 saturated heterocycles. The van der Waals surface area contributed by atoms with Gasteiger partial charge in [-0.2, -0.15) is 0 Å². The Balaban J connectivity index is 1.70. The average molecular weight is 327 g/mol. The smallest absolute Gasteiger partial charge is 0.0605 e. The topological polar surface area (TPSA) is 20.2 Å². The van der Waals surface area contributed by atoms with Crippen molar-refractivity contribution in [1.29, 1.82) is 0 Å². The number of benzene rings is 1. The summed E-state index contributed by atoms with van der Waals surface area (Å²) < 4.78 is 0. The summed E-state index contributed by atoms with van der Waals surface area (Å²) in [6.45, 7) is 2.24. The molecule has 0 aromatic heterocycles. The van der Waals surface area contributed by atoms with Crippen molar-refractivity contribution in [2.75, 3.05) is 0 Å². The van der Waals surface area contributed by atoms with Crippen LogP contribution in [0.5, 0.6) is 0 Å². The molecule has 0 radical (unpaired) electrons. The average Bonchev–Trinajstić information content (AvgIpc) is 2.95. The molecule has 3 atom stereocenters. The predicted molar refractivity (Wildman–Crippen MR) is 104 cm³/mol. The van der Waals surface area contributed by atoms with Crippen molar-refractivity contribution in [3.05, 3.63) is 60.2 Å². The van der Waals surface area contributed by atoms with Gasteiger partial charge in [0.25, 0.3) is 0 Å². The van der Waals surface area contributed by atoms with Gasteiger partial charge in [0, 0.05) is 5.92 Å². The number of allylic oxidation sites excluding steroid dienone is 3. The van der Waals surface area contributed by atoms with E-state index in [1.807, 2.05) is 0 Å². The molecule has 0 heterocycles. The van der Waals surface area contributed by atoms with Gasteiger partial charge in [0.15, 0.2) is 0 Å². The first-order valence-corrected chi connectivity index (χ1v) is 9.85. The Morgan fingerprint density at radius 3 is 2.58 bits per heavy atom. The van der Waals surface area contributed by atoms with Gasteiger partial charge in [-0.05, 0) is 56.4 Å². The summed E-state index contributed by atoms with van der Waals surface area (Å²) in [5.74, 6) is 0.987. The lowest BCUT2D eigenvalue weighted by atomic mass is 9.90. The molecule has 0 amide bonds. The minimum atomic E-state index is -0.135. The van der Waals surface area contributed by atoms with E-state index in [-0.39, 0.29) is 6.10 Å².